The van der Waals surface area contributed by atoms with Gasteiger partial charge in [-0.3, -0.25) is 14.9 Å². The van der Waals surface area contributed by atoms with Crippen molar-refractivity contribution in [2.45, 2.75) is 6.42 Å². The van der Waals surface area contributed by atoms with E-state index in [2.05, 4.69) is 4.74 Å². The Morgan fingerprint density at radius 1 is 1.57 bits per heavy atom. The highest BCUT2D eigenvalue weighted by atomic mass is 16.6. The molecule has 8 nitrogen and oxygen atoms in total. The number of carbonyl (C=O) groups excluding carboxylic acids is 2. The van der Waals surface area contributed by atoms with Crippen LogP contribution < -0.4 is 10.6 Å². The number of benzene rings is 1. The van der Waals surface area contributed by atoms with Gasteiger partial charge in [0.1, 0.15) is 5.69 Å². The maximum atomic E-state index is 11.9. The fourth-order valence-electron chi connectivity index (χ4n) is 2.32. The van der Waals surface area contributed by atoms with Gasteiger partial charge in [-0.2, -0.15) is 0 Å². The lowest BCUT2D eigenvalue weighted by Crippen LogP contribution is -2.26. The summed E-state index contributed by atoms with van der Waals surface area (Å²) in [6, 6.07) is 3.91. The molecule has 1 heterocycles. The molecule has 0 spiro atoms. The topological polar surface area (TPSA) is 116 Å². The van der Waals surface area contributed by atoms with Gasteiger partial charge in [-0.15, -0.1) is 0 Å². The summed E-state index contributed by atoms with van der Waals surface area (Å²) in [7, 11) is 1.19. The van der Waals surface area contributed by atoms with Crippen LogP contribution in [-0.4, -0.2) is 37.0 Å². The third-order valence-corrected chi connectivity index (χ3v) is 3.42. The Morgan fingerprint density at radius 2 is 2.29 bits per heavy atom. The van der Waals surface area contributed by atoms with Gasteiger partial charge in [0.15, 0.2) is 0 Å². The van der Waals surface area contributed by atoms with E-state index in [0.717, 1.165) is 6.07 Å². The fourth-order valence-corrected chi connectivity index (χ4v) is 2.32. The molecule has 2 rings (SSSR count). The lowest BCUT2D eigenvalue weighted by molar-refractivity contribution is -0.384. The Balaban J connectivity index is 2.42. The summed E-state index contributed by atoms with van der Waals surface area (Å²) >= 11 is 0. The van der Waals surface area contributed by atoms with E-state index in [1.54, 1.807) is 0 Å². The second-order valence-electron chi connectivity index (χ2n) is 4.76. The van der Waals surface area contributed by atoms with Crippen LogP contribution in [0.3, 0.4) is 0 Å². The van der Waals surface area contributed by atoms with Gasteiger partial charge >= 0.3 is 5.97 Å². The maximum absolute atomic E-state index is 11.9. The van der Waals surface area contributed by atoms with Crippen molar-refractivity contribution in [2.24, 2.45) is 11.7 Å². The van der Waals surface area contributed by atoms with Crippen molar-refractivity contribution in [3.8, 4) is 0 Å². The van der Waals surface area contributed by atoms with E-state index in [0.29, 0.717) is 13.1 Å². The average molecular weight is 293 g/mol. The molecule has 1 unspecified atom stereocenters. The van der Waals surface area contributed by atoms with Crippen LogP contribution in [0.5, 0.6) is 0 Å². The zero-order valence-electron chi connectivity index (χ0n) is 11.4. The Morgan fingerprint density at radius 3 is 2.81 bits per heavy atom. The van der Waals surface area contributed by atoms with E-state index in [1.807, 2.05) is 0 Å². The Hall–Kier alpha value is -2.48. The molecule has 1 aromatic rings. The SMILES string of the molecule is COC(=O)c1ccc(N2CC(CN)CC2=O)c([N+](=O)[O-])c1. The number of nitro benzene ring substituents is 1. The first kappa shape index (κ1) is 14.9. The standard InChI is InChI=1S/C13H15N3O5/c1-21-13(18)9-2-3-10(11(5-9)16(19)20)15-7-8(6-14)4-12(15)17/h2-3,5,8H,4,6-7,14H2,1H3. The van der Waals surface area contributed by atoms with Crippen molar-refractivity contribution in [1.29, 1.82) is 0 Å². The van der Waals surface area contributed by atoms with E-state index in [1.165, 1.54) is 24.1 Å². The predicted molar refractivity (Wildman–Crippen MR) is 74.0 cm³/mol. The number of hydrogen-bond donors (Lipinski definition) is 1. The van der Waals surface area contributed by atoms with Crippen LogP contribution in [0.1, 0.15) is 16.8 Å². The number of rotatable bonds is 4. The minimum absolute atomic E-state index is 0.0163. The molecule has 2 N–H and O–H groups in total. The molecule has 1 saturated heterocycles. The van der Waals surface area contributed by atoms with Crippen LogP contribution in [0.4, 0.5) is 11.4 Å². The highest BCUT2D eigenvalue weighted by Crippen LogP contribution is 2.33. The number of ether oxygens (including phenoxy) is 1. The molecular weight excluding hydrogens is 278 g/mol. The minimum atomic E-state index is -0.669. The van der Waals surface area contributed by atoms with Gasteiger partial charge < -0.3 is 15.4 Å². The van der Waals surface area contributed by atoms with Crippen molar-refractivity contribution < 1.29 is 19.2 Å². The van der Waals surface area contributed by atoms with Crippen molar-refractivity contribution in [2.75, 3.05) is 25.1 Å². The third kappa shape index (κ3) is 2.84. The summed E-state index contributed by atoms with van der Waals surface area (Å²) in [5, 5.41) is 11.2. The summed E-state index contributed by atoms with van der Waals surface area (Å²) in [6.07, 6.45) is 0.270. The first-order chi connectivity index (χ1) is 9.97. The molecule has 1 fully saturated rings. The molecule has 1 amide bonds. The van der Waals surface area contributed by atoms with Crippen molar-refractivity contribution in [3.05, 3.63) is 33.9 Å². The molecule has 112 valence electrons. The smallest absolute Gasteiger partial charge is 0.338 e. The monoisotopic (exact) mass is 293 g/mol. The largest absolute Gasteiger partial charge is 0.465 e. The number of carbonyl (C=O) groups is 2. The van der Waals surface area contributed by atoms with Gasteiger partial charge in [-0.05, 0) is 24.6 Å². The van der Waals surface area contributed by atoms with E-state index in [9.17, 15) is 19.7 Å². The third-order valence-electron chi connectivity index (χ3n) is 3.42. The first-order valence-corrected chi connectivity index (χ1v) is 6.35. The molecular formula is C13H15N3O5. The number of methoxy groups -OCH3 is 1. The number of nitrogens with zero attached hydrogens (tertiary/aromatic N) is 2. The van der Waals surface area contributed by atoms with E-state index in [-0.39, 0.29) is 35.2 Å². The molecule has 1 aromatic carbocycles. The zero-order chi connectivity index (χ0) is 15.6. The maximum Gasteiger partial charge on any atom is 0.338 e. The molecule has 0 aliphatic carbocycles. The Kier molecular flexibility index (Phi) is 4.18. The molecule has 1 aliphatic heterocycles. The van der Waals surface area contributed by atoms with Crippen LogP contribution in [0.25, 0.3) is 0 Å². The van der Waals surface area contributed by atoms with E-state index in [4.69, 9.17) is 5.73 Å². The van der Waals surface area contributed by atoms with Gasteiger partial charge in [0.05, 0.1) is 17.6 Å². The summed E-state index contributed by atoms with van der Waals surface area (Å²) < 4.78 is 4.53. The summed E-state index contributed by atoms with van der Waals surface area (Å²) in [5.41, 5.74) is 5.48. The highest BCUT2D eigenvalue weighted by molar-refractivity contribution is 5.99. The van der Waals surface area contributed by atoms with Crippen molar-refractivity contribution in [3.63, 3.8) is 0 Å². The Labute approximate surface area is 120 Å². The molecule has 0 radical (unpaired) electrons. The van der Waals surface area contributed by atoms with Crippen LogP contribution in [0.15, 0.2) is 18.2 Å². The molecule has 0 bridgehead atoms. The second kappa shape index (κ2) is 5.88. The Bertz CT molecular complexity index is 601. The first-order valence-electron chi connectivity index (χ1n) is 6.35. The van der Waals surface area contributed by atoms with Gasteiger partial charge in [-0.25, -0.2) is 4.79 Å². The molecule has 1 atom stereocenters. The normalized spacial score (nSPS) is 17.9. The van der Waals surface area contributed by atoms with Crippen LogP contribution in [0, 0.1) is 16.0 Å². The van der Waals surface area contributed by atoms with Crippen molar-refractivity contribution in [1.82, 2.24) is 0 Å². The number of amides is 1. The predicted octanol–water partition coefficient (Wildman–Crippen LogP) is 0.693. The number of hydrogen-bond acceptors (Lipinski definition) is 6. The zero-order valence-corrected chi connectivity index (χ0v) is 11.4. The number of esters is 1. The lowest BCUT2D eigenvalue weighted by atomic mass is 10.1. The number of nitrogens with two attached hydrogens (primary N) is 1. The average Bonchev–Trinajstić information content (AvgIpc) is 2.86. The second-order valence-corrected chi connectivity index (χ2v) is 4.76. The van der Waals surface area contributed by atoms with Gasteiger partial charge in [0.25, 0.3) is 5.69 Å². The lowest BCUT2D eigenvalue weighted by Gasteiger charge is -2.16. The molecule has 0 aromatic heterocycles. The van der Waals surface area contributed by atoms with Crippen LogP contribution in [0.2, 0.25) is 0 Å². The fraction of sp³-hybridized carbons (Fsp3) is 0.385. The molecule has 0 saturated carbocycles. The summed E-state index contributed by atoms with van der Waals surface area (Å²) in [5.74, 6) is -0.894. The van der Waals surface area contributed by atoms with Gasteiger partial charge in [0, 0.05) is 19.0 Å². The highest BCUT2D eigenvalue weighted by Gasteiger charge is 2.33. The van der Waals surface area contributed by atoms with Crippen LogP contribution in [-0.2, 0) is 9.53 Å². The van der Waals surface area contributed by atoms with E-state index < -0.39 is 10.9 Å². The molecule has 8 heteroatoms. The number of nitro groups is 1. The number of anilines is 1. The quantitative estimate of drug-likeness (QED) is 0.496. The van der Waals surface area contributed by atoms with Gasteiger partial charge in [0.2, 0.25) is 5.91 Å². The summed E-state index contributed by atoms with van der Waals surface area (Å²) in [6.45, 7) is 0.685. The summed E-state index contributed by atoms with van der Waals surface area (Å²) in [4.78, 5) is 35.3. The van der Waals surface area contributed by atoms with Gasteiger partial charge in [-0.1, -0.05) is 0 Å². The van der Waals surface area contributed by atoms with Crippen molar-refractivity contribution >= 4 is 23.3 Å². The van der Waals surface area contributed by atoms with E-state index >= 15 is 0 Å². The minimum Gasteiger partial charge on any atom is -0.465 e. The van der Waals surface area contributed by atoms with Crippen LogP contribution >= 0.6 is 0 Å². The molecule has 1 aliphatic rings. The molecule has 21 heavy (non-hydrogen) atoms.